The molecule has 4 nitrogen and oxygen atoms in total. The highest BCUT2D eigenvalue weighted by molar-refractivity contribution is 8.00. The van der Waals surface area contributed by atoms with Gasteiger partial charge in [0.25, 0.3) is 0 Å². The molecule has 0 fully saturated rings. The second-order valence-corrected chi connectivity index (χ2v) is 4.62. The third-order valence-electron chi connectivity index (χ3n) is 1.44. The first-order valence-electron chi connectivity index (χ1n) is 4.06. The fourth-order valence-corrected chi connectivity index (χ4v) is 2.63. The molecule has 1 aromatic rings. The van der Waals surface area contributed by atoms with Gasteiger partial charge in [0.2, 0.25) is 0 Å². The zero-order chi connectivity index (χ0) is 10.6. The fraction of sp³-hybridized carbons (Fsp3) is 0.500. The molecular weight excluding hydrogens is 222 g/mol. The predicted molar refractivity (Wildman–Crippen MR) is 56.2 cm³/mol. The van der Waals surface area contributed by atoms with Crippen LogP contribution in [0.5, 0.6) is 0 Å². The average Bonchev–Trinajstić information content (AvgIpc) is 2.47. The molecule has 1 aromatic heterocycles. The number of carboxylic acids is 1. The topological polar surface area (TPSA) is 59.4 Å². The minimum atomic E-state index is -0.914. The summed E-state index contributed by atoms with van der Waals surface area (Å²) >= 11 is 2.61. The second kappa shape index (κ2) is 5.33. The van der Waals surface area contributed by atoms with Crippen molar-refractivity contribution in [3.05, 3.63) is 10.6 Å². The van der Waals surface area contributed by atoms with Gasteiger partial charge in [-0.25, -0.2) is 9.78 Å². The van der Waals surface area contributed by atoms with Gasteiger partial charge in [0.1, 0.15) is 4.88 Å². The van der Waals surface area contributed by atoms with E-state index in [0.29, 0.717) is 23.1 Å². The minimum absolute atomic E-state index is 0.309. The van der Waals surface area contributed by atoms with Crippen molar-refractivity contribution in [1.29, 1.82) is 0 Å². The molecule has 78 valence electrons. The predicted octanol–water partition coefficient (Wildman–Crippen LogP) is 2.24. The number of carbonyl (C=O) groups is 1. The monoisotopic (exact) mass is 233 g/mol. The van der Waals surface area contributed by atoms with Gasteiger partial charge in [0.05, 0.1) is 11.6 Å². The molecule has 6 heteroatoms. The Morgan fingerprint density at radius 1 is 1.71 bits per heavy atom. The summed E-state index contributed by atoms with van der Waals surface area (Å²) in [6, 6.07) is 0. The summed E-state index contributed by atoms with van der Waals surface area (Å²) in [5, 5.41) is 8.78. The van der Waals surface area contributed by atoms with E-state index in [0.717, 1.165) is 4.34 Å². The van der Waals surface area contributed by atoms with E-state index in [1.165, 1.54) is 23.1 Å². The lowest BCUT2D eigenvalue weighted by Crippen LogP contribution is -1.94. The number of nitrogens with zero attached hydrogens (tertiary/aromatic N) is 1. The number of hydrogen-bond acceptors (Lipinski definition) is 5. The summed E-state index contributed by atoms with van der Waals surface area (Å²) < 4.78 is 5.87. The molecular formula is C8H11NO3S2. The number of aryl methyl sites for hydroxylation is 1. The van der Waals surface area contributed by atoms with E-state index in [1.807, 2.05) is 6.92 Å². The van der Waals surface area contributed by atoms with Crippen LogP contribution in [-0.4, -0.2) is 28.6 Å². The number of thiazole rings is 1. The molecule has 0 unspecified atom stereocenters. The Morgan fingerprint density at radius 3 is 2.93 bits per heavy atom. The molecule has 1 rings (SSSR count). The molecule has 0 bridgehead atoms. The maximum Gasteiger partial charge on any atom is 0.347 e. The molecule has 0 amide bonds. The first-order valence-corrected chi connectivity index (χ1v) is 5.86. The smallest absolute Gasteiger partial charge is 0.347 e. The molecule has 0 aliphatic heterocycles. The van der Waals surface area contributed by atoms with Crippen molar-refractivity contribution in [3.8, 4) is 0 Å². The van der Waals surface area contributed by atoms with E-state index >= 15 is 0 Å². The standard InChI is InChI=1S/C8H11NO3S2/c1-3-12-4-13-8-9-5(2)6(14-8)7(10)11/h3-4H2,1-2H3,(H,10,11). The number of aromatic nitrogens is 1. The SMILES string of the molecule is CCOCSc1nc(C)c(C(=O)O)s1. The Morgan fingerprint density at radius 2 is 2.43 bits per heavy atom. The maximum atomic E-state index is 10.7. The zero-order valence-electron chi connectivity index (χ0n) is 7.94. The van der Waals surface area contributed by atoms with Gasteiger partial charge >= 0.3 is 5.97 Å². The van der Waals surface area contributed by atoms with Crippen molar-refractivity contribution in [2.75, 3.05) is 12.5 Å². The van der Waals surface area contributed by atoms with E-state index in [9.17, 15) is 4.79 Å². The molecule has 0 saturated carbocycles. The van der Waals surface area contributed by atoms with Crippen molar-refractivity contribution in [2.45, 2.75) is 18.2 Å². The minimum Gasteiger partial charge on any atom is -0.477 e. The van der Waals surface area contributed by atoms with E-state index in [4.69, 9.17) is 9.84 Å². The highest BCUT2D eigenvalue weighted by atomic mass is 32.2. The summed E-state index contributed by atoms with van der Waals surface area (Å²) in [6.45, 7) is 4.27. The number of hydrogen-bond donors (Lipinski definition) is 1. The van der Waals surface area contributed by atoms with Crippen LogP contribution in [0.25, 0.3) is 0 Å². The lowest BCUT2D eigenvalue weighted by molar-refractivity contribution is 0.0701. The Hall–Kier alpha value is -0.590. The lowest BCUT2D eigenvalue weighted by atomic mass is 10.4. The number of carboxylic acid groups (broad SMARTS) is 1. The van der Waals surface area contributed by atoms with Gasteiger partial charge in [-0.1, -0.05) is 11.8 Å². The number of rotatable bonds is 5. The van der Waals surface area contributed by atoms with Crippen molar-refractivity contribution in [2.24, 2.45) is 0 Å². The van der Waals surface area contributed by atoms with Crippen LogP contribution in [0.1, 0.15) is 22.3 Å². The van der Waals surface area contributed by atoms with Gasteiger partial charge in [-0.2, -0.15) is 0 Å². The van der Waals surface area contributed by atoms with Crippen LogP contribution in [0.4, 0.5) is 0 Å². The van der Waals surface area contributed by atoms with Crippen molar-refractivity contribution >= 4 is 29.1 Å². The van der Waals surface area contributed by atoms with Crippen molar-refractivity contribution < 1.29 is 14.6 Å². The molecule has 0 saturated heterocycles. The van der Waals surface area contributed by atoms with Crippen LogP contribution < -0.4 is 0 Å². The molecule has 0 spiro atoms. The van der Waals surface area contributed by atoms with Crippen LogP contribution in [0.15, 0.2) is 4.34 Å². The molecule has 0 aliphatic rings. The molecule has 0 radical (unpaired) electrons. The Balaban J connectivity index is 2.62. The van der Waals surface area contributed by atoms with Gasteiger partial charge in [-0.05, 0) is 13.8 Å². The van der Waals surface area contributed by atoms with E-state index in [2.05, 4.69) is 4.98 Å². The maximum absolute atomic E-state index is 10.7. The molecule has 1 heterocycles. The van der Waals surface area contributed by atoms with Gasteiger partial charge in [-0.15, -0.1) is 11.3 Å². The van der Waals surface area contributed by atoms with Crippen molar-refractivity contribution in [1.82, 2.24) is 4.98 Å². The third kappa shape index (κ3) is 2.97. The number of thioether (sulfide) groups is 1. The van der Waals surface area contributed by atoms with Crippen LogP contribution in [0.2, 0.25) is 0 Å². The van der Waals surface area contributed by atoms with Gasteiger partial charge in [0.15, 0.2) is 4.34 Å². The zero-order valence-corrected chi connectivity index (χ0v) is 9.57. The summed E-state index contributed by atoms with van der Waals surface area (Å²) in [5.41, 5.74) is 0.571. The van der Waals surface area contributed by atoms with Gasteiger partial charge < -0.3 is 9.84 Å². The van der Waals surface area contributed by atoms with Crippen LogP contribution in [0, 0.1) is 6.92 Å². The summed E-state index contributed by atoms with van der Waals surface area (Å²) in [5.74, 6) is -0.397. The first-order chi connectivity index (χ1) is 6.65. The quantitative estimate of drug-likeness (QED) is 0.480. The third-order valence-corrected chi connectivity index (χ3v) is 3.61. The second-order valence-electron chi connectivity index (χ2n) is 2.45. The Labute approximate surface area is 90.3 Å². The van der Waals surface area contributed by atoms with Crippen LogP contribution in [0.3, 0.4) is 0 Å². The first kappa shape index (κ1) is 11.5. The molecule has 0 aromatic carbocycles. The fourth-order valence-electron chi connectivity index (χ4n) is 0.807. The van der Waals surface area contributed by atoms with E-state index in [-0.39, 0.29) is 0 Å². The van der Waals surface area contributed by atoms with Crippen LogP contribution in [-0.2, 0) is 4.74 Å². The lowest BCUT2D eigenvalue weighted by Gasteiger charge is -1.95. The summed E-state index contributed by atoms with van der Waals surface area (Å²) in [7, 11) is 0. The van der Waals surface area contributed by atoms with Crippen LogP contribution >= 0.6 is 23.1 Å². The van der Waals surface area contributed by atoms with E-state index in [1.54, 1.807) is 6.92 Å². The molecule has 1 N–H and O–H groups in total. The highest BCUT2D eigenvalue weighted by Crippen LogP contribution is 2.26. The normalized spacial score (nSPS) is 10.4. The Kier molecular flexibility index (Phi) is 4.37. The highest BCUT2D eigenvalue weighted by Gasteiger charge is 2.13. The largest absolute Gasteiger partial charge is 0.477 e. The van der Waals surface area contributed by atoms with Crippen molar-refractivity contribution in [3.63, 3.8) is 0 Å². The summed E-state index contributed by atoms with van der Waals surface area (Å²) in [4.78, 5) is 15.1. The van der Waals surface area contributed by atoms with E-state index < -0.39 is 5.97 Å². The molecule has 0 aliphatic carbocycles. The Bertz CT molecular complexity index is 324. The number of ether oxygens (including phenoxy) is 1. The summed E-state index contributed by atoms with van der Waals surface area (Å²) in [6.07, 6.45) is 0. The van der Waals surface area contributed by atoms with Gasteiger partial charge in [-0.3, -0.25) is 0 Å². The number of aromatic carboxylic acids is 1. The molecule has 14 heavy (non-hydrogen) atoms. The molecule has 0 atom stereocenters. The van der Waals surface area contributed by atoms with Gasteiger partial charge in [0, 0.05) is 6.61 Å². The average molecular weight is 233 g/mol.